The number of amides is 2. The standard InChI is InChI=1S/C34H38N4O6/c1-5-21(6-2)38-32(41)27-24(34(43)44-19-20-12-10-9-11-13-20)16-17-26(28(27)33(38)42)35-36-29-30(39)23-15-14-22(37(7-3)8-4)18-25(23)31(29)40/h9-10,14-18,20-21,35H,5-8,11-13,19H2,1-4H3. The Morgan fingerprint density at radius 2 is 1.66 bits per heavy atom. The number of imide groups is 1. The molecule has 10 heteroatoms. The van der Waals surface area contributed by atoms with Crippen molar-refractivity contribution in [2.75, 3.05) is 30.0 Å². The predicted molar refractivity (Wildman–Crippen MR) is 170 cm³/mol. The van der Waals surface area contributed by atoms with E-state index in [9.17, 15) is 24.0 Å². The molecular formula is C34H38N4O6. The van der Waals surface area contributed by atoms with Gasteiger partial charge in [0.05, 0.1) is 29.0 Å². The Balaban J connectivity index is 1.55. The minimum Gasteiger partial charge on any atom is -0.462 e. The van der Waals surface area contributed by atoms with Gasteiger partial charge in [0.15, 0.2) is 5.36 Å². The monoisotopic (exact) mass is 598 g/mol. The number of esters is 1. The van der Waals surface area contributed by atoms with Gasteiger partial charge in [-0.3, -0.25) is 29.5 Å². The molecule has 0 aromatic heterocycles. The second kappa shape index (κ2) is 13.0. The Kier molecular flexibility index (Phi) is 9.08. The summed E-state index contributed by atoms with van der Waals surface area (Å²) in [6, 6.07) is 7.65. The molecule has 1 aliphatic heterocycles. The van der Waals surface area contributed by atoms with Crippen LogP contribution in [-0.2, 0) is 4.74 Å². The third-order valence-electron chi connectivity index (χ3n) is 8.77. The van der Waals surface area contributed by atoms with Crippen LogP contribution in [0, 0.1) is 5.92 Å². The number of ether oxygens (including phenoxy) is 1. The molecule has 1 unspecified atom stereocenters. The van der Waals surface area contributed by atoms with Gasteiger partial charge in [0.25, 0.3) is 11.8 Å². The molecule has 2 aliphatic rings. The van der Waals surface area contributed by atoms with Crippen LogP contribution in [0.2, 0.25) is 0 Å². The lowest BCUT2D eigenvalue weighted by atomic mass is 9.95. The minimum absolute atomic E-state index is 0.000664. The average Bonchev–Trinajstić information content (AvgIpc) is 3.45. The summed E-state index contributed by atoms with van der Waals surface area (Å²) >= 11 is 0. The summed E-state index contributed by atoms with van der Waals surface area (Å²) < 4.78 is 5.62. The van der Waals surface area contributed by atoms with Crippen LogP contribution in [0.5, 0.6) is 0 Å². The lowest BCUT2D eigenvalue weighted by Crippen LogP contribution is -2.39. The summed E-state index contributed by atoms with van der Waals surface area (Å²) in [5.74, 6) is -1.63. The fraction of sp³-hybridized carbons (Fsp3) is 0.412. The highest BCUT2D eigenvalue weighted by atomic mass is 16.5. The number of benzene rings is 2. The summed E-state index contributed by atoms with van der Waals surface area (Å²) in [7, 11) is 0. The smallest absolute Gasteiger partial charge is 0.338 e. The number of hydrogen-bond donors (Lipinski definition) is 1. The van der Waals surface area contributed by atoms with E-state index in [4.69, 9.17) is 4.74 Å². The van der Waals surface area contributed by atoms with Crippen molar-refractivity contribution in [2.24, 2.45) is 11.0 Å². The predicted octanol–water partition coefficient (Wildman–Crippen LogP) is 4.51. The zero-order valence-corrected chi connectivity index (χ0v) is 25.6. The molecular weight excluding hydrogens is 560 g/mol. The first-order valence-corrected chi connectivity index (χ1v) is 15.4. The van der Waals surface area contributed by atoms with Crippen LogP contribution in [0.1, 0.15) is 90.9 Å². The highest BCUT2D eigenvalue weighted by Crippen LogP contribution is 2.35. The van der Waals surface area contributed by atoms with Gasteiger partial charge in [0.2, 0.25) is 10.9 Å². The Hall–Kier alpha value is -4.60. The first kappa shape index (κ1) is 30.8. The molecule has 10 nitrogen and oxygen atoms in total. The van der Waals surface area contributed by atoms with E-state index >= 15 is 0 Å². The van der Waals surface area contributed by atoms with Crippen LogP contribution in [0.4, 0.5) is 11.4 Å². The largest absolute Gasteiger partial charge is 0.462 e. The Labute approximate surface area is 255 Å². The van der Waals surface area contributed by atoms with Crippen molar-refractivity contribution in [1.29, 1.82) is 0 Å². The normalized spacial score (nSPS) is 16.7. The third kappa shape index (κ3) is 5.44. The Bertz CT molecular complexity index is 1790. The van der Waals surface area contributed by atoms with E-state index in [0.717, 1.165) is 38.0 Å². The molecule has 0 bridgehead atoms. The lowest BCUT2D eigenvalue weighted by Gasteiger charge is -2.23. The zero-order chi connectivity index (χ0) is 31.5. The number of allylic oxidation sites excluding steroid dienone is 2. The van der Waals surface area contributed by atoms with E-state index in [1.165, 1.54) is 17.0 Å². The molecule has 0 radical (unpaired) electrons. The van der Waals surface area contributed by atoms with Crippen molar-refractivity contribution in [1.82, 2.24) is 4.90 Å². The number of carbonyl (C=O) groups excluding carboxylic acids is 3. The first-order chi connectivity index (χ1) is 21.2. The average molecular weight is 599 g/mol. The van der Waals surface area contributed by atoms with E-state index in [0.29, 0.717) is 12.8 Å². The van der Waals surface area contributed by atoms with Crippen LogP contribution in [0.3, 0.4) is 0 Å². The van der Waals surface area contributed by atoms with E-state index < -0.39 is 28.6 Å². The summed E-state index contributed by atoms with van der Waals surface area (Å²) in [5, 5.41) is 4.36. The molecule has 1 heterocycles. The molecule has 2 amide bonds. The Morgan fingerprint density at radius 3 is 2.32 bits per heavy atom. The molecule has 44 heavy (non-hydrogen) atoms. The zero-order valence-electron chi connectivity index (χ0n) is 25.6. The molecule has 1 atom stereocenters. The summed E-state index contributed by atoms with van der Waals surface area (Å²) in [5.41, 5.74) is 2.52. The van der Waals surface area contributed by atoms with Gasteiger partial charge in [-0.1, -0.05) is 26.0 Å². The fourth-order valence-corrected chi connectivity index (χ4v) is 6.19. The topological polar surface area (TPSA) is 125 Å². The van der Waals surface area contributed by atoms with Crippen LogP contribution in [-0.4, -0.2) is 48.4 Å². The maximum absolute atomic E-state index is 13.7. The molecule has 3 aromatic carbocycles. The molecule has 3 aromatic rings. The van der Waals surface area contributed by atoms with Gasteiger partial charge in [-0.2, -0.15) is 5.10 Å². The highest BCUT2D eigenvalue weighted by Gasteiger charge is 2.43. The van der Waals surface area contributed by atoms with Gasteiger partial charge in [-0.15, -0.1) is 0 Å². The molecule has 1 N–H and O–H groups in total. The van der Waals surface area contributed by atoms with Gasteiger partial charge in [-0.25, -0.2) is 4.79 Å². The molecule has 0 saturated heterocycles. The van der Waals surface area contributed by atoms with Crippen LogP contribution in [0.15, 0.2) is 57.2 Å². The van der Waals surface area contributed by atoms with Crippen molar-refractivity contribution in [3.63, 3.8) is 0 Å². The van der Waals surface area contributed by atoms with E-state index in [1.54, 1.807) is 18.2 Å². The maximum Gasteiger partial charge on any atom is 0.338 e. The summed E-state index contributed by atoms with van der Waals surface area (Å²) in [6.45, 7) is 9.49. The quantitative estimate of drug-likeness (QED) is 0.148. The molecule has 0 spiro atoms. The molecule has 1 aliphatic carbocycles. The summed E-state index contributed by atoms with van der Waals surface area (Å²) in [6.07, 6.45) is 7.89. The van der Waals surface area contributed by atoms with E-state index in [1.807, 2.05) is 27.7 Å². The van der Waals surface area contributed by atoms with Crippen molar-refractivity contribution in [3.05, 3.63) is 85.0 Å². The number of nitrogens with zero attached hydrogens (tertiary/aromatic N) is 3. The van der Waals surface area contributed by atoms with Crippen LogP contribution < -0.4 is 26.5 Å². The van der Waals surface area contributed by atoms with Gasteiger partial charge in [0, 0.05) is 35.6 Å². The molecule has 0 fully saturated rings. The number of fused-ring (bicyclic) bond motifs is 2. The van der Waals surface area contributed by atoms with Crippen LogP contribution >= 0.6 is 0 Å². The second-order valence-electron chi connectivity index (χ2n) is 11.2. The number of nitrogens with one attached hydrogen (secondary N) is 1. The van der Waals surface area contributed by atoms with Crippen molar-refractivity contribution in [3.8, 4) is 0 Å². The second-order valence-corrected chi connectivity index (χ2v) is 11.2. The number of hydrogen-bond acceptors (Lipinski definition) is 9. The molecule has 5 rings (SSSR count). The lowest BCUT2D eigenvalue weighted by molar-refractivity contribution is 0.0425. The number of carbonyl (C=O) groups is 3. The minimum atomic E-state index is -0.679. The van der Waals surface area contributed by atoms with Crippen molar-refractivity contribution >= 4 is 39.9 Å². The van der Waals surface area contributed by atoms with Crippen molar-refractivity contribution in [2.45, 2.75) is 65.8 Å². The maximum atomic E-state index is 13.7. The SMILES string of the molecule is CCC(CC)N1C(=O)c2c(NN=c3c(=O)c4ccc(N(CC)CC)cc4c3=O)ccc(C(=O)OCC3CC=CCC3)c2C1=O. The highest BCUT2D eigenvalue weighted by molar-refractivity contribution is 6.27. The molecule has 0 saturated carbocycles. The summed E-state index contributed by atoms with van der Waals surface area (Å²) in [4.78, 5) is 70.4. The van der Waals surface area contributed by atoms with E-state index in [-0.39, 0.29) is 57.1 Å². The van der Waals surface area contributed by atoms with Gasteiger partial charge in [0.1, 0.15) is 0 Å². The van der Waals surface area contributed by atoms with Crippen molar-refractivity contribution < 1.29 is 19.1 Å². The van der Waals surface area contributed by atoms with Gasteiger partial charge in [-0.05, 0) is 82.2 Å². The number of rotatable bonds is 11. The Morgan fingerprint density at radius 1 is 0.955 bits per heavy atom. The van der Waals surface area contributed by atoms with Crippen LogP contribution in [0.25, 0.3) is 10.8 Å². The third-order valence-corrected chi connectivity index (χ3v) is 8.77. The molecule has 230 valence electrons. The fourth-order valence-electron chi connectivity index (χ4n) is 6.19. The first-order valence-electron chi connectivity index (χ1n) is 15.4. The number of anilines is 2. The van der Waals surface area contributed by atoms with Gasteiger partial charge < -0.3 is 9.64 Å². The van der Waals surface area contributed by atoms with E-state index in [2.05, 4.69) is 27.6 Å². The van der Waals surface area contributed by atoms with Gasteiger partial charge >= 0.3 is 5.97 Å².